The summed E-state index contributed by atoms with van der Waals surface area (Å²) in [7, 11) is 0. The fraction of sp³-hybridized carbons (Fsp3) is 0. The Kier molecular flexibility index (Phi) is 3.12. The van der Waals surface area contributed by atoms with E-state index in [0.29, 0.717) is 10.4 Å². The number of hydrogen-bond acceptors (Lipinski definition) is 4. The highest BCUT2D eigenvalue weighted by Crippen LogP contribution is 2.11. The van der Waals surface area contributed by atoms with Crippen molar-refractivity contribution in [2.24, 2.45) is 0 Å². The first kappa shape index (κ1) is 10.6. The standard InChI is InChI=1S/C12H8O3S/c13-11(9-5-2-1-3-6-9)15-12(14)10-7-4-8-16-10/h1-8H. The molecule has 2 aromatic rings. The Morgan fingerprint density at radius 2 is 1.69 bits per heavy atom. The fourth-order valence-electron chi connectivity index (χ4n) is 1.16. The van der Waals surface area contributed by atoms with Gasteiger partial charge in [-0.3, -0.25) is 0 Å². The van der Waals surface area contributed by atoms with Gasteiger partial charge in [0.05, 0.1) is 5.56 Å². The van der Waals surface area contributed by atoms with Crippen LogP contribution in [0.4, 0.5) is 0 Å². The zero-order chi connectivity index (χ0) is 11.4. The monoisotopic (exact) mass is 232 g/mol. The molecule has 0 aliphatic carbocycles. The Morgan fingerprint density at radius 1 is 0.938 bits per heavy atom. The number of hydrogen-bond donors (Lipinski definition) is 0. The van der Waals surface area contributed by atoms with Crippen molar-refractivity contribution < 1.29 is 14.3 Å². The summed E-state index contributed by atoms with van der Waals surface area (Å²) in [6.07, 6.45) is 0. The molecule has 0 aliphatic rings. The summed E-state index contributed by atoms with van der Waals surface area (Å²) in [5.41, 5.74) is 0.368. The molecule has 1 aromatic heterocycles. The Labute approximate surface area is 96.3 Å². The van der Waals surface area contributed by atoms with Crippen LogP contribution in [0.25, 0.3) is 0 Å². The quantitative estimate of drug-likeness (QED) is 0.590. The maximum atomic E-state index is 11.5. The van der Waals surface area contributed by atoms with Crippen LogP contribution in [-0.2, 0) is 4.74 Å². The molecule has 0 spiro atoms. The minimum absolute atomic E-state index is 0.368. The number of rotatable bonds is 2. The van der Waals surface area contributed by atoms with Gasteiger partial charge in [0, 0.05) is 0 Å². The fourth-order valence-corrected chi connectivity index (χ4v) is 1.76. The van der Waals surface area contributed by atoms with Crippen molar-refractivity contribution >= 4 is 23.3 Å². The van der Waals surface area contributed by atoms with Crippen LogP contribution in [0.1, 0.15) is 20.0 Å². The lowest BCUT2D eigenvalue weighted by Gasteiger charge is -2.00. The summed E-state index contributed by atoms with van der Waals surface area (Å²) >= 11 is 1.24. The van der Waals surface area contributed by atoms with Gasteiger partial charge >= 0.3 is 11.9 Å². The van der Waals surface area contributed by atoms with Gasteiger partial charge in [-0.25, -0.2) is 9.59 Å². The van der Waals surface area contributed by atoms with Gasteiger partial charge in [-0.05, 0) is 23.6 Å². The Morgan fingerprint density at radius 3 is 2.31 bits per heavy atom. The van der Waals surface area contributed by atoms with Gasteiger partial charge < -0.3 is 4.74 Å². The summed E-state index contributed by atoms with van der Waals surface area (Å²) in [5, 5.41) is 1.75. The van der Waals surface area contributed by atoms with Gasteiger partial charge in [-0.1, -0.05) is 24.3 Å². The van der Waals surface area contributed by atoms with Crippen LogP contribution in [0.15, 0.2) is 47.8 Å². The van der Waals surface area contributed by atoms with Crippen molar-refractivity contribution in [1.82, 2.24) is 0 Å². The summed E-state index contributed by atoms with van der Waals surface area (Å²) in [4.78, 5) is 23.4. The minimum Gasteiger partial charge on any atom is -0.385 e. The molecular weight excluding hydrogens is 224 g/mol. The predicted molar refractivity (Wildman–Crippen MR) is 60.5 cm³/mol. The normalized spacial score (nSPS) is 9.75. The molecule has 1 heterocycles. The SMILES string of the molecule is O=C(OC(=O)c1cccs1)c1ccccc1. The van der Waals surface area contributed by atoms with E-state index < -0.39 is 11.9 Å². The highest BCUT2D eigenvalue weighted by atomic mass is 32.1. The first-order valence-corrected chi connectivity index (χ1v) is 5.50. The van der Waals surface area contributed by atoms with Crippen LogP contribution < -0.4 is 0 Å². The summed E-state index contributed by atoms with van der Waals surface area (Å²) < 4.78 is 4.71. The van der Waals surface area contributed by atoms with Gasteiger partial charge in [0.15, 0.2) is 0 Å². The third-order valence-corrected chi connectivity index (χ3v) is 2.77. The largest absolute Gasteiger partial charge is 0.385 e. The third-order valence-electron chi connectivity index (χ3n) is 1.92. The maximum Gasteiger partial charge on any atom is 0.356 e. The maximum absolute atomic E-state index is 11.5. The molecule has 0 N–H and O–H groups in total. The van der Waals surface area contributed by atoms with Crippen LogP contribution in [0.5, 0.6) is 0 Å². The molecule has 0 aliphatic heterocycles. The van der Waals surface area contributed by atoms with Crippen LogP contribution in [0.2, 0.25) is 0 Å². The van der Waals surface area contributed by atoms with E-state index in [4.69, 9.17) is 4.74 Å². The van der Waals surface area contributed by atoms with Gasteiger partial charge in [-0.2, -0.15) is 0 Å². The number of carbonyl (C=O) groups is 2. The van der Waals surface area contributed by atoms with Crippen LogP contribution in [0, 0.1) is 0 Å². The van der Waals surface area contributed by atoms with Crippen molar-refractivity contribution in [1.29, 1.82) is 0 Å². The molecule has 0 bridgehead atoms. The molecule has 0 saturated carbocycles. The van der Waals surface area contributed by atoms with Crippen molar-refractivity contribution in [3.05, 3.63) is 58.3 Å². The van der Waals surface area contributed by atoms with Crippen LogP contribution in [0.3, 0.4) is 0 Å². The van der Waals surface area contributed by atoms with E-state index >= 15 is 0 Å². The minimum atomic E-state index is -0.626. The molecule has 0 unspecified atom stereocenters. The first-order valence-electron chi connectivity index (χ1n) is 4.62. The smallest absolute Gasteiger partial charge is 0.356 e. The zero-order valence-corrected chi connectivity index (χ0v) is 9.07. The van der Waals surface area contributed by atoms with Crippen LogP contribution in [-0.4, -0.2) is 11.9 Å². The Balaban J connectivity index is 2.06. The molecule has 80 valence electrons. The van der Waals surface area contributed by atoms with Crippen molar-refractivity contribution in [2.75, 3.05) is 0 Å². The van der Waals surface area contributed by atoms with Gasteiger partial charge in [-0.15, -0.1) is 11.3 Å². The van der Waals surface area contributed by atoms with E-state index in [9.17, 15) is 9.59 Å². The van der Waals surface area contributed by atoms with Gasteiger partial charge in [0.25, 0.3) is 0 Å². The van der Waals surface area contributed by atoms with Crippen LogP contribution >= 0.6 is 11.3 Å². The number of benzene rings is 1. The zero-order valence-electron chi connectivity index (χ0n) is 8.25. The second-order valence-corrected chi connectivity index (χ2v) is 3.97. The molecule has 1 aromatic carbocycles. The summed E-state index contributed by atoms with van der Waals surface area (Å²) in [6.45, 7) is 0. The molecule has 0 fully saturated rings. The average molecular weight is 232 g/mol. The topological polar surface area (TPSA) is 43.4 Å². The molecule has 4 heteroatoms. The Bertz CT molecular complexity index is 488. The van der Waals surface area contributed by atoms with Gasteiger partial charge in [0.2, 0.25) is 0 Å². The molecule has 0 radical (unpaired) electrons. The number of esters is 2. The molecule has 0 saturated heterocycles. The lowest BCUT2D eigenvalue weighted by atomic mass is 10.2. The highest BCUT2D eigenvalue weighted by molar-refractivity contribution is 7.12. The van der Waals surface area contributed by atoms with E-state index in [1.165, 1.54) is 11.3 Å². The molecule has 3 nitrogen and oxygen atoms in total. The molecular formula is C12H8O3S. The highest BCUT2D eigenvalue weighted by Gasteiger charge is 2.14. The molecule has 0 atom stereocenters. The molecule has 2 rings (SSSR count). The molecule has 0 amide bonds. The van der Waals surface area contributed by atoms with E-state index in [-0.39, 0.29) is 0 Å². The summed E-state index contributed by atoms with van der Waals surface area (Å²) in [5.74, 6) is -1.23. The van der Waals surface area contributed by atoms with E-state index in [1.807, 2.05) is 0 Å². The lowest BCUT2D eigenvalue weighted by molar-refractivity contribution is 0.0401. The van der Waals surface area contributed by atoms with Crippen molar-refractivity contribution in [2.45, 2.75) is 0 Å². The third kappa shape index (κ3) is 2.35. The number of carbonyl (C=O) groups excluding carboxylic acids is 2. The first-order chi connectivity index (χ1) is 7.77. The van der Waals surface area contributed by atoms with Crippen molar-refractivity contribution in [3.63, 3.8) is 0 Å². The van der Waals surface area contributed by atoms with E-state index in [1.54, 1.807) is 47.8 Å². The number of ether oxygens (including phenoxy) is 1. The van der Waals surface area contributed by atoms with E-state index in [0.717, 1.165) is 0 Å². The predicted octanol–water partition coefficient (Wildman–Crippen LogP) is 2.75. The average Bonchev–Trinajstić information content (AvgIpc) is 2.83. The van der Waals surface area contributed by atoms with E-state index in [2.05, 4.69) is 0 Å². The lowest BCUT2D eigenvalue weighted by Crippen LogP contribution is -2.11. The summed E-state index contributed by atoms with van der Waals surface area (Å²) in [6, 6.07) is 11.8. The van der Waals surface area contributed by atoms with Gasteiger partial charge in [0.1, 0.15) is 4.88 Å². The Hall–Kier alpha value is -1.94. The van der Waals surface area contributed by atoms with Crippen molar-refractivity contribution in [3.8, 4) is 0 Å². The second-order valence-electron chi connectivity index (χ2n) is 3.02. The molecule has 16 heavy (non-hydrogen) atoms. The second kappa shape index (κ2) is 4.72. The number of thiophene rings is 1.